The lowest BCUT2D eigenvalue weighted by atomic mass is 10.1. The molecule has 1 aromatic heterocycles. The number of carbonyl (C=O) groups is 1. The molecule has 2 heterocycles. The highest BCUT2D eigenvalue weighted by Gasteiger charge is 2.33. The van der Waals surface area contributed by atoms with Crippen molar-refractivity contribution in [3.05, 3.63) is 93.5 Å². The maximum absolute atomic E-state index is 13.0. The summed E-state index contributed by atoms with van der Waals surface area (Å²) in [4.78, 5) is 21.3. The van der Waals surface area contributed by atoms with Gasteiger partial charge >= 0.3 is 0 Å². The van der Waals surface area contributed by atoms with Gasteiger partial charge in [-0.05, 0) is 53.4 Å². The summed E-state index contributed by atoms with van der Waals surface area (Å²) < 4.78 is 0. The van der Waals surface area contributed by atoms with Crippen molar-refractivity contribution in [2.24, 2.45) is 4.99 Å². The van der Waals surface area contributed by atoms with Gasteiger partial charge in [-0.2, -0.15) is 0 Å². The lowest BCUT2D eigenvalue weighted by Gasteiger charge is -2.15. The van der Waals surface area contributed by atoms with E-state index in [-0.39, 0.29) is 5.91 Å². The SMILES string of the molecule is O=C1/C(=C\c2cccs2)SC(=Nc2ccccc2)N1CCc1ccccc1. The number of carbonyl (C=O) groups excluding carboxylic acids is 1. The predicted octanol–water partition coefficient (Wildman–Crippen LogP) is 5.59. The molecule has 1 aliphatic heterocycles. The number of aliphatic imine (C=N–C) groups is 1. The lowest BCUT2D eigenvalue weighted by molar-refractivity contribution is -0.122. The summed E-state index contributed by atoms with van der Waals surface area (Å²) in [5, 5.41) is 2.76. The van der Waals surface area contributed by atoms with Crippen LogP contribution in [0.4, 0.5) is 5.69 Å². The smallest absolute Gasteiger partial charge is 0.266 e. The zero-order valence-electron chi connectivity index (χ0n) is 14.6. The van der Waals surface area contributed by atoms with Gasteiger partial charge in [0.05, 0.1) is 10.6 Å². The van der Waals surface area contributed by atoms with Crippen LogP contribution in [0.3, 0.4) is 0 Å². The summed E-state index contributed by atoms with van der Waals surface area (Å²) in [5.41, 5.74) is 2.07. The van der Waals surface area contributed by atoms with E-state index in [2.05, 4.69) is 12.1 Å². The summed E-state index contributed by atoms with van der Waals surface area (Å²) in [6, 6.07) is 24.0. The standard InChI is InChI=1S/C22H18N2OS2/c25-21-20(16-19-12-7-15-26-19)27-22(23-18-10-5-2-6-11-18)24(21)14-13-17-8-3-1-4-9-17/h1-12,15-16H,13-14H2/b20-16+,23-22?. The first kappa shape index (κ1) is 17.8. The molecule has 1 amide bonds. The monoisotopic (exact) mass is 390 g/mol. The average Bonchev–Trinajstić information content (AvgIpc) is 3.31. The van der Waals surface area contributed by atoms with Gasteiger partial charge in [-0.3, -0.25) is 9.69 Å². The molecule has 0 unspecified atom stereocenters. The molecule has 0 atom stereocenters. The molecule has 27 heavy (non-hydrogen) atoms. The van der Waals surface area contributed by atoms with E-state index in [0.29, 0.717) is 6.54 Å². The molecule has 2 aromatic carbocycles. The lowest BCUT2D eigenvalue weighted by Crippen LogP contribution is -2.31. The van der Waals surface area contributed by atoms with E-state index in [1.165, 1.54) is 17.3 Å². The fourth-order valence-electron chi connectivity index (χ4n) is 2.79. The van der Waals surface area contributed by atoms with Crippen LogP contribution >= 0.6 is 23.1 Å². The first-order chi connectivity index (χ1) is 13.3. The number of thiophene rings is 1. The van der Waals surface area contributed by atoms with Crippen LogP contribution in [0.15, 0.2) is 88.1 Å². The van der Waals surface area contributed by atoms with Gasteiger partial charge in [-0.25, -0.2) is 4.99 Å². The summed E-state index contributed by atoms with van der Waals surface area (Å²) in [7, 11) is 0. The maximum atomic E-state index is 13.0. The zero-order valence-corrected chi connectivity index (χ0v) is 16.2. The van der Waals surface area contributed by atoms with Crippen LogP contribution in [0.5, 0.6) is 0 Å². The third-order valence-electron chi connectivity index (χ3n) is 4.15. The Hall–Kier alpha value is -2.63. The molecule has 1 saturated heterocycles. The van der Waals surface area contributed by atoms with Crippen LogP contribution in [-0.2, 0) is 11.2 Å². The van der Waals surface area contributed by atoms with Crippen molar-refractivity contribution in [1.29, 1.82) is 0 Å². The number of amidine groups is 1. The fourth-order valence-corrected chi connectivity index (χ4v) is 4.54. The minimum atomic E-state index is 0.0269. The Morgan fingerprint density at radius 2 is 1.67 bits per heavy atom. The first-order valence-electron chi connectivity index (χ1n) is 8.72. The van der Waals surface area contributed by atoms with E-state index >= 15 is 0 Å². The van der Waals surface area contributed by atoms with Crippen LogP contribution in [0.2, 0.25) is 0 Å². The van der Waals surface area contributed by atoms with E-state index in [4.69, 9.17) is 4.99 Å². The fraction of sp³-hybridized carbons (Fsp3) is 0.0909. The Kier molecular flexibility index (Phi) is 5.51. The van der Waals surface area contributed by atoms with E-state index < -0.39 is 0 Å². The third kappa shape index (κ3) is 4.38. The van der Waals surface area contributed by atoms with Gasteiger partial charge in [-0.1, -0.05) is 54.6 Å². The van der Waals surface area contributed by atoms with Crippen LogP contribution in [0.25, 0.3) is 6.08 Å². The summed E-state index contributed by atoms with van der Waals surface area (Å²) >= 11 is 3.08. The summed E-state index contributed by atoms with van der Waals surface area (Å²) in [6.07, 6.45) is 2.76. The van der Waals surface area contributed by atoms with Gasteiger partial charge in [0.2, 0.25) is 0 Å². The van der Waals surface area contributed by atoms with Crippen LogP contribution < -0.4 is 0 Å². The van der Waals surface area contributed by atoms with Crippen molar-refractivity contribution < 1.29 is 4.79 Å². The van der Waals surface area contributed by atoms with Crippen molar-refractivity contribution in [3.8, 4) is 0 Å². The molecule has 0 aliphatic carbocycles. The predicted molar refractivity (Wildman–Crippen MR) is 115 cm³/mol. The van der Waals surface area contributed by atoms with E-state index in [0.717, 1.165) is 27.1 Å². The molecule has 0 N–H and O–H groups in total. The zero-order chi connectivity index (χ0) is 18.5. The minimum Gasteiger partial charge on any atom is -0.286 e. The highest BCUT2D eigenvalue weighted by molar-refractivity contribution is 8.18. The number of para-hydroxylation sites is 1. The molecule has 0 spiro atoms. The van der Waals surface area contributed by atoms with Crippen molar-refractivity contribution in [2.45, 2.75) is 6.42 Å². The number of hydrogen-bond donors (Lipinski definition) is 0. The van der Waals surface area contributed by atoms with Crippen LogP contribution in [0.1, 0.15) is 10.4 Å². The van der Waals surface area contributed by atoms with Gasteiger partial charge < -0.3 is 0 Å². The van der Waals surface area contributed by atoms with Crippen molar-refractivity contribution in [2.75, 3.05) is 6.54 Å². The number of thioether (sulfide) groups is 1. The van der Waals surface area contributed by atoms with E-state index in [1.54, 1.807) is 16.2 Å². The van der Waals surface area contributed by atoms with Crippen molar-refractivity contribution in [1.82, 2.24) is 4.90 Å². The Labute approximate surface area is 167 Å². The Balaban J connectivity index is 1.61. The second-order valence-corrected chi connectivity index (χ2v) is 8.04. The number of nitrogens with zero attached hydrogens (tertiary/aromatic N) is 2. The topological polar surface area (TPSA) is 32.7 Å². The molecule has 3 aromatic rings. The van der Waals surface area contributed by atoms with Crippen LogP contribution in [0, 0.1) is 0 Å². The molecule has 0 saturated carbocycles. The van der Waals surface area contributed by atoms with Crippen molar-refractivity contribution >= 4 is 45.9 Å². The summed E-state index contributed by atoms with van der Waals surface area (Å²) in [6.45, 7) is 0.614. The highest BCUT2D eigenvalue weighted by atomic mass is 32.2. The third-order valence-corrected chi connectivity index (χ3v) is 5.98. The van der Waals surface area contributed by atoms with E-state index in [9.17, 15) is 4.79 Å². The van der Waals surface area contributed by atoms with Gasteiger partial charge in [0.1, 0.15) is 0 Å². The molecule has 0 bridgehead atoms. The maximum Gasteiger partial charge on any atom is 0.266 e. The van der Waals surface area contributed by atoms with Crippen molar-refractivity contribution in [3.63, 3.8) is 0 Å². The molecule has 1 fully saturated rings. The van der Waals surface area contributed by atoms with Gasteiger partial charge in [0.25, 0.3) is 5.91 Å². The molecule has 1 aliphatic rings. The Morgan fingerprint density at radius 3 is 2.37 bits per heavy atom. The number of amides is 1. The summed E-state index contributed by atoms with van der Waals surface area (Å²) in [5.74, 6) is 0.0269. The number of rotatable bonds is 5. The molecule has 5 heteroatoms. The van der Waals surface area contributed by atoms with Gasteiger partial charge in [0.15, 0.2) is 5.17 Å². The van der Waals surface area contributed by atoms with Crippen LogP contribution in [-0.4, -0.2) is 22.5 Å². The first-order valence-corrected chi connectivity index (χ1v) is 10.4. The molecule has 134 valence electrons. The van der Waals surface area contributed by atoms with E-state index in [1.807, 2.05) is 72.1 Å². The number of benzene rings is 2. The second kappa shape index (κ2) is 8.37. The molecule has 3 nitrogen and oxygen atoms in total. The van der Waals surface area contributed by atoms with Gasteiger partial charge in [0, 0.05) is 11.4 Å². The molecular weight excluding hydrogens is 372 g/mol. The molecular formula is C22H18N2OS2. The molecule has 4 rings (SSSR count). The Bertz CT molecular complexity index is 964. The quantitative estimate of drug-likeness (QED) is 0.532. The van der Waals surface area contributed by atoms with Gasteiger partial charge in [-0.15, -0.1) is 11.3 Å². The average molecular weight is 391 g/mol. The minimum absolute atomic E-state index is 0.0269. The second-order valence-electron chi connectivity index (χ2n) is 6.05. The Morgan fingerprint density at radius 1 is 0.926 bits per heavy atom. The normalized spacial score (nSPS) is 17.2. The highest BCUT2D eigenvalue weighted by Crippen LogP contribution is 2.34. The molecule has 0 radical (unpaired) electrons. The number of hydrogen-bond acceptors (Lipinski definition) is 4. The largest absolute Gasteiger partial charge is 0.286 e.